The zero-order valence-corrected chi connectivity index (χ0v) is 10.6. The average molecular weight is 249 g/mol. The van der Waals surface area contributed by atoms with Crippen LogP contribution in [0.1, 0.15) is 29.6 Å². The largest absolute Gasteiger partial charge is 0.490 e. The number of ether oxygens (including phenoxy) is 2. The summed E-state index contributed by atoms with van der Waals surface area (Å²) in [5.41, 5.74) is 5.97. The molecular formula is C14H19NO3. The number of para-hydroxylation sites is 1. The van der Waals surface area contributed by atoms with Crippen LogP contribution >= 0.6 is 0 Å². The van der Waals surface area contributed by atoms with Gasteiger partial charge in [-0.2, -0.15) is 0 Å². The molecule has 1 aromatic carbocycles. The molecule has 0 amide bonds. The van der Waals surface area contributed by atoms with Gasteiger partial charge in [0.25, 0.3) is 0 Å². The Morgan fingerprint density at radius 1 is 1.33 bits per heavy atom. The Balaban J connectivity index is 2.14. The summed E-state index contributed by atoms with van der Waals surface area (Å²) in [7, 11) is 1.61. The summed E-state index contributed by atoms with van der Waals surface area (Å²) in [6, 6.07) is 7.25. The lowest BCUT2D eigenvalue weighted by atomic mass is 9.72. The van der Waals surface area contributed by atoms with Crippen LogP contribution in [0.5, 0.6) is 5.75 Å². The molecule has 4 nitrogen and oxygen atoms in total. The minimum Gasteiger partial charge on any atom is -0.490 e. The molecule has 98 valence electrons. The normalized spacial score (nSPS) is 17.0. The van der Waals surface area contributed by atoms with Crippen LogP contribution in [0.15, 0.2) is 24.3 Å². The van der Waals surface area contributed by atoms with Crippen LogP contribution in [0.3, 0.4) is 0 Å². The van der Waals surface area contributed by atoms with E-state index in [9.17, 15) is 4.79 Å². The van der Waals surface area contributed by atoms with Crippen molar-refractivity contribution in [1.82, 2.24) is 0 Å². The van der Waals surface area contributed by atoms with Gasteiger partial charge in [-0.05, 0) is 31.4 Å². The van der Waals surface area contributed by atoms with Crippen LogP contribution in [-0.4, -0.2) is 31.6 Å². The molecule has 0 atom stereocenters. The number of rotatable bonds is 6. The minimum atomic E-state index is -0.680. The number of nitrogens with two attached hydrogens (primary N) is 1. The van der Waals surface area contributed by atoms with E-state index in [4.69, 9.17) is 15.2 Å². The molecule has 0 bridgehead atoms. The first-order valence-corrected chi connectivity index (χ1v) is 6.22. The molecule has 2 rings (SSSR count). The average Bonchev–Trinajstić information content (AvgIpc) is 2.36. The van der Waals surface area contributed by atoms with Gasteiger partial charge in [0.2, 0.25) is 0 Å². The Hall–Kier alpha value is -1.39. The highest BCUT2D eigenvalue weighted by Crippen LogP contribution is 2.34. The van der Waals surface area contributed by atoms with Gasteiger partial charge >= 0.3 is 0 Å². The lowest BCUT2D eigenvalue weighted by Crippen LogP contribution is -2.53. The molecule has 0 unspecified atom stereocenters. The molecule has 0 heterocycles. The topological polar surface area (TPSA) is 61.5 Å². The van der Waals surface area contributed by atoms with Crippen LogP contribution in [0.4, 0.5) is 0 Å². The second-order valence-corrected chi connectivity index (χ2v) is 4.68. The van der Waals surface area contributed by atoms with Gasteiger partial charge in [-0.15, -0.1) is 0 Å². The van der Waals surface area contributed by atoms with Crippen molar-refractivity contribution in [3.8, 4) is 5.75 Å². The lowest BCUT2D eigenvalue weighted by Gasteiger charge is -2.36. The molecule has 1 aliphatic rings. The summed E-state index contributed by atoms with van der Waals surface area (Å²) in [6.45, 7) is 0.925. The number of benzene rings is 1. The fourth-order valence-electron chi connectivity index (χ4n) is 2.07. The first-order chi connectivity index (χ1) is 8.67. The molecule has 18 heavy (non-hydrogen) atoms. The van der Waals surface area contributed by atoms with Gasteiger partial charge in [0.05, 0.1) is 17.7 Å². The summed E-state index contributed by atoms with van der Waals surface area (Å²) < 4.78 is 10.5. The van der Waals surface area contributed by atoms with Crippen molar-refractivity contribution < 1.29 is 14.3 Å². The molecule has 0 radical (unpaired) electrons. The van der Waals surface area contributed by atoms with E-state index >= 15 is 0 Å². The number of hydrogen-bond acceptors (Lipinski definition) is 4. The summed E-state index contributed by atoms with van der Waals surface area (Å²) in [6.07, 6.45) is 2.55. The third kappa shape index (κ3) is 2.54. The van der Waals surface area contributed by atoms with Crippen molar-refractivity contribution in [2.45, 2.75) is 24.8 Å². The van der Waals surface area contributed by atoms with E-state index in [-0.39, 0.29) is 5.78 Å². The molecule has 1 aliphatic carbocycles. The first kappa shape index (κ1) is 13.1. The van der Waals surface area contributed by atoms with Gasteiger partial charge < -0.3 is 15.2 Å². The maximum Gasteiger partial charge on any atom is 0.186 e. The van der Waals surface area contributed by atoms with E-state index in [0.717, 1.165) is 19.3 Å². The third-order valence-electron chi connectivity index (χ3n) is 3.37. The van der Waals surface area contributed by atoms with Crippen molar-refractivity contribution in [2.24, 2.45) is 5.73 Å². The SMILES string of the molecule is COCCOc1ccccc1C(=O)C1(N)CCC1. The Labute approximate surface area is 107 Å². The van der Waals surface area contributed by atoms with E-state index in [1.165, 1.54) is 0 Å². The quantitative estimate of drug-likeness (QED) is 0.616. The molecule has 2 N–H and O–H groups in total. The van der Waals surface area contributed by atoms with Crippen molar-refractivity contribution in [3.63, 3.8) is 0 Å². The van der Waals surface area contributed by atoms with Gasteiger partial charge in [0, 0.05) is 7.11 Å². The zero-order valence-electron chi connectivity index (χ0n) is 10.6. The summed E-state index contributed by atoms with van der Waals surface area (Å²) >= 11 is 0. The predicted octanol–water partition coefficient (Wildman–Crippen LogP) is 1.78. The van der Waals surface area contributed by atoms with Crippen molar-refractivity contribution in [2.75, 3.05) is 20.3 Å². The Morgan fingerprint density at radius 2 is 2.06 bits per heavy atom. The van der Waals surface area contributed by atoms with E-state index in [1.807, 2.05) is 12.1 Å². The lowest BCUT2D eigenvalue weighted by molar-refractivity contribution is 0.0793. The van der Waals surface area contributed by atoms with Crippen LogP contribution < -0.4 is 10.5 Å². The van der Waals surface area contributed by atoms with Crippen LogP contribution in [0, 0.1) is 0 Å². The molecule has 0 saturated heterocycles. The summed E-state index contributed by atoms with van der Waals surface area (Å²) in [4.78, 5) is 12.4. The van der Waals surface area contributed by atoms with Crippen molar-refractivity contribution >= 4 is 5.78 Å². The smallest absolute Gasteiger partial charge is 0.186 e. The second-order valence-electron chi connectivity index (χ2n) is 4.68. The first-order valence-electron chi connectivity index (χ1n) is 6.22. The summed E-state index contributed by atoms with van der Waals surface area (Å²) in [5, 5.41) is 0. The second kappa shape index (κ2) is 5.50. The number of ketones is 1. The van der Waals surface area contributed by atoms with Crippen LogP contribution in [-0.2, 0) is 4.74 Å². The Morgan fingerprint density at radius 3 is 2.67 bits per heavy atom. The van der Waals surface area contributed by atoms with Gasteiger partial charge in [-0.1, -0.05) is 12.1 Å². The zero-order chi connectivity index (χ0) is 13.0. The number of carbonyl (C=O) groups is 1. The molecule has 4 heteroatoms. The number of carbonyl (C=O) groups excluding carboxylic acids is 1. The monoisotopic (exact) mass is 249 g/mol. The molecule has 0 spiro atoms. The highest BCUT2D eigenvalue weighted by Gasteiger charge is 2.41. The van der Waals surface area contributed by atoms with Gasteiger partial charge in [0.1, 0.15) is 12.4 Å². The molecule has 1 saturated carbocycles. The van der Waals surface area contributed by atoms with Crippen molar-refractivity contribution in [1.29, 1.82) is 0 Å². The van der Waals surface area contributed by atoms with E-state index in [1.54, 1.807) is 19.2 Å². The number of hydrogen-bond donors (Lipinski definition) is 1. The fraction of sp³-hybridized carbons (Fsp3) is 0.500. The maximum absolute atomic E-state index is 12.4. The van der Waals surface area contributed by atoms with Gasteiger partial charge in [-0.25, -0.2) is 0 Å². The maximum atomic E-state index is 12.4. The predicted molar refractivity (Wildman–Crippen MR) is 68.9 cm³/mol. The fourth-order valence-corrected chi connectivity index (χ4v) is 2.07. The van der Waals surface area contributed by atoms with E-state index < -0.39 is 5.54 Å². The van der Waals surface area contributed by atoms with Crippen LogP contribution in [0.2, 0.25) is 0 Å². The molecule has 0 aromatic heterocycles. The number of Topliss-reactive ketones (excluding diaryl/α,β-unsaturated/α-hetero) is 1. The van der Waals surface area contributed by atoms with Crippen LogP contribution in [0.25, 0.3) is 0 Å². The highest BCUT2D eigenvalue weighted by molar-refractivity contribution is 6.05. The van der Waals surface area contributed by atoms with Gasteiger partial charge in [-0.3, -0.25) is 4.79 Å². The standard InChI is InChI=1S/C14H19NO3/c1-17-9-10-18-12-6-3-2-5-11(12)13(16)14(15)7-4-8-14/h2-3,5-6H,4,7-10,15H2,1H3. The third-order valence-corrected chi connectivity index (χ3v) is 3.37. The molecule has 1 aromatic rings. The van der Waals surface area contributed by atoms with E-state index in [0.29, 0.717) is 24.5 Å². The van der Waals surface area contributed by atoms with E-state index in [2.05, 4.69) is 0 Å². The highest BCUT2D eigenvalue weighted by atomic mass is 16.5. The summed E-state index contributed by atoms with van der Waals surface area (Å²) in [5.74, 6) is 0.582. The van der Waals surface area contributed by atoms with Gasteiger partial charge in [0.15, 0.2) is 5.78 Å². The minimum absolute atomic E-state index is 0.0123. The molecule has 0 aliphatic heterocycles. The van der Waals surface area contributed by atoms with Crippen molar-refractivity contribution in [3.05, 3.63) is 29.8 Å². The Bertz CT molecular complexity index is 427. The molecular weight excluding hydrogens is 230 g/mol. The number of methoxy groups -OCH3 is 1. The Kier molecular flexibility index (Phi) is 3.99. The molecule has 1 fully saturated rings.